The molecule has 0 unspecified atom stereocenters. The van der Waals surface area contributed by atoms with E-state index in [-0.39, 0.29) is 5.78 Å². The molecular formula is C15H16N2OS. The van der Waals surface area contributed by atoms with E-state index in [9.17, 15) is 4.79 Å². The molecular weight excluding hydrogens is 256 g/mol. The Morgan fingerprint density at radius 2 is 1.95 bits per heavy atom. The van der Waals surface area contributed by atoms with Crippen LogP contribution in [0.25, 0.3) is 11.4 Å². The number of carbonyl (C=O) groups excluding carboxylic acids is 1. The number of rotatable bonds is 4. The van der Waals surface area contributed by atoms with E-state index >= 15 is 0 Å². The summed E-state index contributed by atoms with van der Waals surface area (Å²) in [6.45, 7) is 5.50. The average Bonchev–Trinajstić information content (AvgIpc) is 2.39. The van der Waals surface area contributed by atoms with Crippen LogP contribution in [0, 0.1) is 6.92 Å². The van der Waals surface area contributed by atoms with Gasteiger partial charge in [0.05, 0.1) is 11.3 Å². The van der Waals surface area contributed by atoms with Gasteiger partial charge in [-0.15, -0.1) is 11.8 Å². The first-order valence-corrected chi connectivity index (χ1v) is 7.18. The highest BCUT2D eigenvalue weighted by Gasteiger charge is 2.08. The third kappa shape index (κ3) is 3.20. The Morgan fingerprint density at radius 1 is 1.26 bits per heavy atom. The van der Waals surface area contributed by atoms with Gasteiger partial charge in [-0.05, 0) is 31.7 Å². The van der Waals surface area contributed by atoms with Gasteiger partial charge >= 0.3 is 0 Å². The highest BCUT2D eigenvalue weighted by Crippen LogP contribution is 2.22. The predicted molar refractivity (Wildman–Crippen MR) is 78.6 cm³/mol. The van der Waals surface area contributed by atoms with Crippen molar-refractivity contribution in [2.24, 2.45) is 0 Å². The Bertz CT molecular complexity index is 594. The number of carbonyl (C=O) groups is 1. The summed E-state index contributed by atoms with van der Waals surface area (Å²) in [5.74, 6) is 1.72. The summed E-state index contributed by atoms with van der Waals surface area (Å²) in [6.07, 6.45) is 1.61. The van der Waals surface area contributed by atoms with E-state index < -0.39 is 0 Å². The van der Waals surface area contributed by atoms with Crippen LogP contribution in [0.15, 0.2) is 35.4 Å². The SMILES string of the molecule is CCSc1ccc(-c2ncc(C(C)=O)c(C)n2)cc1. The van der Waals surface area contributed by atoms with Crippen molar-refractivity contribution in [2.45, 2.75) is 25.7 Å². The average molecular weight is 272 g/mol. The van der Waals surface area contributed by atoms with Gasteiger partial charge < -0.3 is 0 Å². The zero-order valence-corrected chi connectivity index (χ0v) is 12.1. The molecule has 2 rings (SSSR count). The summed E-state index contributed by atoms with van der Waals surface area (Å²) >= 11 is 1.80. The highest BCUT2D eigenvalue weighted by atomic mass is 32.2. The quantitative estimate of drug-likeness (QED) is 0.627. The Morgan fingerprint density at radius 3 is 2.47 bits per heavy atom. The van der Waals surface area contributed by atoms with Crippen LogP contribution in [0.4, 0.5) is 0 Å². The zero-order valence-electron chi connectivity index (χ0n) is 11.3. The lowest BCUT2D eigenvalue weighted by Crippen LogP contribution is -2.02. The van der Waals surface area contributed by atoms with Crippen molar-refractivity contribution in [1.29, 1.82) is 0 Å². The molecule has 19 heavy (non-hydrogen) atoms. The largest absolute Gasteiger partial charge is 0.294 e. The summed E-state index contributed by atoms with van der Waals surface area (Å²) in [5.41, 5.74) is 2.28. The molecule has 1 aromatic carbocycles. The number of aromatic nitrogens is 2. The third-order valence-electron chi connectivity index (χ3n) is 2.78. The van der Waals surface area contributed by atoms with Crippen LogP contribution in [0.2, 0.25) is 0 Å². The monoisotopic (exact) mass is 272 g/mol. The second kappa shape index (κ2) is 5.97. The Hall–Kier alpha value is -1.68. The van der Waals surface area contributed by atoms with E-state index in [1.165, 1.54) is 11.8 Å². The van der Waals surface area contributed by atoms with Crippen LogP contribution in [-0.2, 0) is 0 Å². The van der Waals surface area contributed by atoms with Crippen LogP contribution in [0.5, 0.6) is 0 Å². The topological polar surface area (TPSA) is 42.9 Å². The number of benzene rings is 1. The number of thioether (sulfide) groups is 1. The van der Waals surface area contributed by atoms with Crippen molar-refractivity contribution >= 4 is 17.5 Å². The van der Waals surface area contributed by atoms with Gasteiger partial charge in [0.15, 0.2) is 11.6 Å². The molecule has 0 N–H and O–H groups in total. The number of hydrogen-bond acceptors (Lipinski definition) is 4. The van der Waals surface area contributed by atoms with Crippen molar-refractivity contribution in [3.63, 3.8) is 0 Å². The first-order chi connectivity index (χ1) is 9.11. The second-order valence-electron chi connectivity index (χ2n) is 4.21. The van der Waals surface area contributed by atoms with Crippen molar-refractivity contribution in [2.75, 3.05) is 5.75 Å². The summed E-state index contributed by atoms with van der Waals surface area (Å²) in [6, 6.07) is 8.17. The highest BCUT2D eigenvalue weighted by molar-refractivity contribution is 7.99. The summed E-state index contributed by atoms with van der Waals surface area (Å²) in [4.78, 5) is 21.3. The lowest BCUT2D eigenvalue weighted by Gasteiger charge is -2.05. The fourth-order valence-electron chi connectivity index (χ4n) is 1.82. The molecule has 3 nitrogen and oxygen atoms in total. The maximum Gasteiger partial charge on any atom is 0.163 e. The van der Waals surface area contributed by atoms with Gasteiger partial charge in [0.1, 0.15) is 0 Å². The van der Waals surface area contributed by atoms with Crippen molar-refractivity contribution in [3.8, 4) is 11.4 Å². The minimum absolute atomic E-state index is 0.00116. The number of hydrogen-bond donors (Lipinski definition) is 0. The normalized spacial score (nSPS) is 10.5. The van der Waals surface area contributed by atoms with Crippen LogP contribution in [0.3, 0.4) is 0 Å². The van der Waals surface area contributed by atoms with E-state index in [0.29, 0.717) is 11.4 Å². The van der Waals surface area contributed by atoms with Crippen LogP contribution >= 0.6 is 11.8 Å². The van der Waals surface area contributed by atoms with Gasteiger partial charge in [0.25, 0.3) is 0 Å². The van der Waals surface area contributed by atoms with Crippen molar-refractivity contribution < 1.29 is 4.79 Å². The van der Waals surface area contributed by atoms with E-state index in [0.717, 1.165) is 17.0 Å². The molecule has 0 saturated heterocycles. The van der Waals surface area contributed by atoms with Crippen LogP contribution in [0.1, 0.15) is 29.9 Å². The molecule has 2 aromatic rings. The molecule has 98 valence electrons. The Labute approximate surface area is 117 Å². The van der Waals surface area contributed by atoms with Gasteiger partial charge in [0, 0.05) is 16.7 Å². The number of aryl methyl sites for hydroxylation is 1. The molecule has 0 radical (unpaired) electrons. The van der Waals surface area contributed by atoms with Crippen LogP contribution in [-0.4, -0.2) is 21.5 Å². The van der Waals surface area contributed by atoms with E-state index in [1.54, 1.807) is 18.0 Å². The summed E-state index contributed by atoms with van der Waals surface area (Å²) < 4.78 is 0. The maximum absolute atomic E-state index is 11.3. The minimum Gasteiger partial charge on any atom is -0.294 e. The molecule has 0 aliphatic carbocycles. The predicted octanol–water partition coefficient (Wildman–Crippen LogP) is 3.77. The molecule has 0 amide bonds. The van der Waals surface area contributed by atoms with Gasteiger partial charge in [-0.1, -0.05) is 19.1 Å². The van der Waals surface area contributed by atoms with E-state index in [1.807, 2.05) is 19.1 Å². The van der Waals surface area contributed by atoms with Crippen LogP contribution < -0.4 is 0 Å². The van der Waals surface area contributed by atoms with Gasteiger partial charge in [0.2, 0.25) is 0 Å². The lowest BCUT2D eigenvalue weighted by molar-refractivity contribution is 0.101. The molecule has 0 atom stereocenters. The van der Waals surface area contributed by atoms with Crippen molar-refractivity contribution in [3.05, 3.63) is 41.7 Å². The number of ketones is 1. The first-order valence-electron chi connectivity index (χ1n) is 6.19. The van der Waals surface area contributed by atoms with Gasteiger partial charge in [-0.3, -0.25) is 4.79 Å². The van der Waals surface area contributed by atoms with Crippen molar-refractivity contribution in [1.82, 2.24) is 9.97 Å². The molecule has 1 heterocycles. The minimum atomic E-state index is -0.00116. The van der Waals surface area contributed by atoms with E-state index in [2.05, 4.69) is 29.0 Å². The molecule has 0 aliphatic rings. The molecule has 4 heteroatoms. The standard InChI is InChI=1S/C15H16N2OS/c1-4-19-13-7-5-12(6-8-13)15-16-9-14(11(3)18)10(2)17-15/h5-9H,4H2,1-3H3. The third-order valence-corrected chi connectivity index (χ3v) is 3.68. The number of Topliss-reactive ketones (excluding diaryl/α,β-unsaturated/α-hetero) is 1. The first kappa shape index (κ1) is 13.7. The van der Waals surface area contributed by atoms with Gasteiger partial charge in [-0.25, -0.2) is 9.97 Å². The lowest BCUT2D eigenvalue weighted by atomic mass is 10.1. The molecule has 1 aromatic heterocycles. The molecule has 0 aliphatic heterocycles. The molecule has 0 bridgehead atoms. The fourth-order valence-corrected chi connectivity index (χ4v) is 2.48. The van der Waals surface area contributed by atoms with E-state index in [4.69, 9.17) is 0 Å². The summed E-state index contributed by atoms with van der Waals surface area (Å²) in [7, 11) is 0. The Kier molecular flexibility index (Phi) is 4.32. The summed E-state index contributed by atoms with van der Waals surface area (Å²) in [5, 5.41) is 0. The number of nitrogens with zero attached hydrogens (tertiary/aromatic N) is 2. The fraction of sp³-hybridized carbons (Fsp3) is 0.267. The molecule has 0 fully saturated rings. The van der Waals surface area contributed by atoms with Gasteiger partial charge in [-0.2, -0.15) is 0 Å². The maximum atomic E-state index is 11.3. The Balaban J connectivity index is 2.31. The zero-order chi connectivity index (χ0) is 13.8. The second-order valence-corrected chi connectivity index (χ2v) is 5.54. The molecule has 0 spiro atoms. The smallest absolute Gasteiger partial charge is 0.163 e. The molecule has 0 saturated carbocycles.